The Morgan fingerprint density at radius 3 is 2.55 bits per heavy atom. The fourth-order valence-electron chi connectivity index (χ4n) is 2.44. The maximum atomic E-state index is 12.1. The summed E-state index contributed by atoms with van der Waals surface area (Å²) < 4.78 is 1.99. The van der Waals surface area contributed by atoms with Gasteiger partial charge in [0.05, 0.1) is 11.7 Å². The van der Waals surface area contributed by atoms with E-state index in [4.69, 9.17) is 0 Å². The Kier molecular flexibility index (Phi) is 2.93. The summed E-state index contributed by atoms with van der Waals surface area (Å²) in [5, 5.41) is 0.683. The Labute approximate surface area is 117 Å². The zero-order valence-electron chi connectivity index (χ0n) is 11.8. The number of benzene rings is 1. The van der Waals surface area contributed by atoms with Gasteiger partial charge in [-0.25, -0.2) is 4.98 Å². The molecule has 102 valence electrons. The second kappa shape index (κ2) is 4.63. The van der Waals surface area contributed by atoms with Crippen LogP contribution in [0.15, 0.2) is 41.6 Å². The summed E-state index contributed by atoms with van der Waals surface area (Å²) in [6.45, 7) is 6.22. The van der Waals surface area contributed by atoms with Gasteiger partial charge in [0, 0.05) is 11.9 Å². The molecule has 4 nitrogen and oxygen atoms in total. The maximum absolute atomic E-state index is 12.1. The molecule has 0 aliphatic carbocycles. The highest BCUT2D eigenvalue weighted by molar-refractivity contribution is 5.81. The lowest BCUT2D eigenvalue weighted by Crippen LogP contribution is -2.08. The zero-order valence-corrected chi connectivity index (χ0v) is 11.8. The quantitative estimate of drug-likeness (QED) is 0.775. The Hall–Kier alpha value is -2.36. The average Bonchev–Trinajstić information content (AvgIpc) is 2.81. The van der Waals surface area contributed by atoms with Crippen molar-refractivity contribution in [1.29, 1.82) is 0 Å². The third-order valence-electron chi connectivity index (χ3n) is 3.55. The van der Waals surface area contributed by atoms with Gasteiger partial charge in [-0.15, -0.1) is 0 Å². The van der Waals surface area contributed by atoms with E-state index >= 15 is 0 Å². The summed E-state index contributed by atoms with van der Waals surface area (Å²) in [5.41, 5.74) is 3.88. The van der Waals surface area contributed by atoms with Crippen LogP contribution in [0.4, 0.5) is 0 Å². The summed E-state index contributed by atoms with van der Waals surface area (Å²) in [7, 11) is 0. The molecule has 2 aromatic heterocycles. The van der Waals surface area contributed by atoms with Gasteiger partial charge in [0.15, 0.2) is 5.65 Å². The van der Waals surface area contributed by atoms with Crippen molar-refractivity contribution >= 4 is 11.0 Å². The zero-order chi connectivity index (χ0) is 14.3. The van der Waals surface area contributed by atoms with Crippen molar-refractivity contribution in [3.8, 4) is 5.69 Å². The Bertz CT molecular complexity index is 810. The van der Waals surface area contributed by atoms with Gasteiger partial charge in [0.25, 0.3) is 5.56 Å². The van der Waals surface area contributed by atoms with E-state index in [2.05, 4.69) is 42.9 Å². The summed E-state index contributed by atoms with van der Waals surface area (Å²) in [5.74, 6) is 0.273. The Balaban J connectivity index is 2.34. The van der Waals surface area contributed by atoms with Crippen LogP contribution in [0.5, 0.6) is 0 Å². The number of nitrogens with zero attached hydrogens (tertiary/aromatic N) is 2. The molecule has 1 N–H and O–H groups in total. The molecule has 0 unspecified atom stereocenters. The molecule has 0 aliphatic rings. The van der Waals surface area contributed by atoms with Crippen LogP contribution in [0, 0.1) is 6.92 Å². The van der Waals surface area contributed by atoms with E-state index in [0.29, 0.717) is 11.0 Å². The minimum Gasteiger partial charge on any atom is -0.312 e. The van der Waals surface area contributed by atoms with E-state index in [1.54, 1.807) is 0 Å². The van der Waals surface area contributed by atoms with Gasteiger partial charge < -0.3 is 9.55 Å². The van der Waals surface area contributed by atoms with Gasteiger partial charge in [-0.3, -0.25) is 4.79 Å². The molecular weight excluding hydrogens is 250 g/mol. The number of hydrogen-bond acceptors (Lipinski definition) is 2. The maximum Gasteiger partial charge on any atom is 0.260 e. The van der Waals surface area contributed by atoms with Gasteiger partial charge in [-0.05, 0) is 30.5 Å². The van der Waals surface area contributed by atoms with Crippen LogP contribution in [0.2, 0.25) is 0 Å². The van der Waals surface area contributed by atoms with Crippen LogP contribution in [-0.4, -0.2) is 14.5 Å². The molecule has 2 heterocycles. The molecule has 1 aromatic carbocycles. The number of aromatic amines is 1. The highest BCUT2D eigenvalue weighted by Crippen LogP contribution is 2.26. The number of hydrogen-bond donors (Lipinski definition) is 1. The van der Waals surface area contributed by atoms with Gasteiger partial charge in [-0.1, -0.05) is 31.5 Å². The van der Waals surface area contributed by atoms with Crippen molar-refractivity contribution in [2.75, 3.05) is 0 Å². The molecule has 3 aromatic rings. The first-order chi connectivity index (χ1) is 9.58. The van der Waals surface area contributed by atoms with E-state index in [-0.39, 0.29) is 11.5 Å². The summed E-state index contributed by atoms with van der Waals surface area (Å²) >= 11 is 0. The molecule has 0 radical (unpaired) electrons. The van der Waals surface area contributed by atoms with Gasteiger partial charge in [0.1, 0.15) is 0 Å². The van der Waals surface area contributed by atoms with Gasteiger partial charge in [0.2, 0.25) is 0 Å². The average molecular weight is 267 g/mol. The molecule has 4 heteroatoms. The highest BCUT2D eigenvalue weighted by atomic mass is 16.1. The van der Waals surface area contributed by atoms with Crippen LogP contribution in [0.25, 0.3) is 16.7 Å². The highest BCUT2D eigenvalue weighted by Gasteiger charge is 2.16. The molecule has 0 saturated carbocycles. The molecule has 0 spiro atoms. The first-order valence-corrected chi connectivity index (χ1v) is 6.73. The van der Waals surface area contributed by atoms with Crippen LogP contribution in [0.1, 0.15) is 30.9 Å². The Morgan fingerprint density at radius 2 is 1.90 bits per heavy atom. The normalized spacial score (nSPS) is 11.4. The first-order valence-electron chi connectivity index (χ1n) is 6.73. The number of H-pyrrole nitrogens is 1. The molecule has 0 bridgehead atoms. The second-order valence-corrected chi connectivity index (χ2v) is 5.37. The molecule has 20 heavy (non-hydrogen) atoms. The van der Waals surface area contributed by atoms with Crippen LogP contribution in [0.3, 0.4) is 0 Å². The van der Waals surface area contributed by atoms with E-state index in [1.807, 2.05) is 22.9 Å². The lowest BCUT2D eigenvalue weighted by atomic mass is 10.0. The lowest BCUT2D eigenvalue weighted by molar-refractivity contribution is 0.869. The van der Waals surface area contributed by atoms with Gasteiger partial charge in [-0.2, -0.15) is 0 Å². The molecule has 0 amide bonds. The van der Waals surface area contributed by atoms with Crippen molar-refractivity contribution in [3.63, 3.8) is 0 Å². The molecule has 0 aliphatic heterocycles. The van der Waals surface area contributed by atoms with Crippen LogP contribution in [-0.2, 0) is 0 Å². The largest absolute Gasteiger partial charge is 0.312 e. The predicted octanol–water partition coefficient (Wildman–Crippen LogP) is 3.15. The van der Waals surface area contributed by atoms with E-state index < -0.39 is 0 Å². The first kappa shape index (κ1) is 12.7. The standard InChI is InChI=1S/C16H17N3O/c1-10(2)13-8-19(12-6-4-11(3)5-7-12)15-14(13)16(20)18-9-17-15/h4-10H,1-3H3,(H,17,18,20). The Morgan fingerprint density at radius 1 is 1.20 bits per heavy atom. The molecule has 0 saturated heterocycles. The van der Waals surface area contributed by atoms with Crippen molar-refractivity contribution in [3.05, 3.63) is 58.3 Å². The molecular formula is C16H17N3O. The number of aromatic nitrogens is 3. The predicted molar refractivity (Wildman–Crippen MR) is 80.5 cm³/mol. The number of rotatable bonds is 2. The minimum atomic E-state index is -0.0791. The third-order valence-corrected chi connectivity index (χ3v) is 3.55. The monoisotopic (exact) mass is 267 g/mol. The second-order valence-electron chi connectivity index (χ2n) is 5.37. The third kappa shape index (κ3) is 1.93. The molecule has 3 rings (SSSR count). The topological polar surface area (TPSA) is 50.7 Å². The van der Waals surface area contributed by atoms with Crippen molar-refractivity contribution in [2.45, 2.75) is 26.7 Å². The summed E-state index contributed by atoms with van der Waals surface area (Å²) in [6, 6.07) is 8.20. The smallest absolute Gasteiger partial charge is 0.260 e. The van der Waals surface area contributed by atoms with E-state index in [1.165, 1.54) is 11.9 Å². The fourth-order valence-corrected chi connectivity index (χ4v) is 2.44. The number of aryl methyl sites for hydroxylation is 1. The van der Waals surface area contributed by atoms with Crippen LogP contribution < -0.4 is 5.56 Å². The van der Waals surface area contributed by atoms with E-state index in [9.17, 15) is 4.79 Å². The molecule has 0 fully saturated rings. The molecule has 0 atom stereocenters. The number of nitrogens with one attached hydrogen (secondary N) is 1. The summed E-state index contributed by atoms with van der Waals surface area (Å²) in [6.07, 6.45) is 3.47. The number of fused-ring (bicyclic) bond motifs is 1. The van der Waals surface area contributed by atoms with E-state index in [0.717, 1.165) is 11.3 Å². The minimum absolute atomic E-state index is 0.0791. The summed E-state index contributed by atoms with van der Waals surface area (Å²) in [4.78, 5) is 19.1. The van der Waals surface area contributed by atoms with Crippen molar-refractivity contribution < 1.29 is 0 Å². The van der Waals surface area contributed by atoms with Gasteiger partial charge >= 0.3 is 0 Å². The lowest BCUT2D eigenvalue weighted by Gasteiger charge is -2.04. The van der Waals surface area contributed by atoms with Crippen molar-refractivity contribution in [2.24, 2.45) is 0 Å². The SMILES string of the molecule is Cc1ccc(-n2cc(C(C)C)c3c(=O)[nH]cnc32)cc1. The fraction of sp³-hybridized carbons (Fsp3) is 0.250. The van der Waals surface area contributed by atoms with Crippen molar-refractivity contribution in [1.82, 2.24) is 14.5 Å². The van der Waals surface area contributed by atoms with Crippen LogP contribution >= 0.6 is 0 Å².